The minimum absolute atomic E-state index is 0.0225. The third-order valence-corrected chi connectivity index (χ3v) is 7.20. The van der Waals surface area contributed by atoms with Gasteiger partial charge in [-0.2, -0.15) is 0 Å². The molecule has 1 aromatic rings. The number of aryl methyl sites for hydroxylation is 2. The molecular formula is C22H38N6OS. The first-order chi connectivity index (χ1) is 14.5. The summed E-state index contributed by atoms with van der Waals surface area (Å²) in [6.45, 7) is 15.6. The van der Waals surface area contributed by atoms with E-state index in [0.29, 0.717) is 5.91 Å². The van der Waals surface area contributed by atoms with Gasteiger partial charge in [0.1, 0.15) is 0 Å². The van der Waals surface area contributed by atoms with Crippen molar-refractivity contribution < 1.29 is 4.79 Å². The van der Waals surface area contributed by atoms with Crippen molar-refractivity contribution in [2.24, 2.45) is 4.99 Å². The number of amides is 1. The molecule has 2 aliphatic rings. The van der Waals surface area contributed by atoms with Crippen LogP contribution in [-0.4, -0.2) is 90.0 Å². The lowest BCUT2D eigenvalue weighted by atomic mass is 10.2. The van der Waals surface area contributed by atoms with Crippen molar-refractivity contribution in [1.82, 2.24) is 25.0 Å². The standard InChI is InChI=1S/C22H38N6OS/c1-5-19-18(4)30-20(25-19)9-10-24-22(23-6-2)28-15-13-26(14-16-28)17(3)21(29)27-11-7-8-12-27/h17H,5-16H2,1-4H3,(H,23,24). The van der Waals surface area contributed by atoms with Crippen LogP contribution in [-0.2, 0) is 17.6 Å². The molecule has 0 bridgehead atoms. The van der Waals surface area contributed by atoms with Gasteiger partial charge in [-0.15, -0.1) is 11.3 Å². The maximum absolute atomic E-state index is 12.7. The highest BCUT2D eigenvalue weighted by atomic mass is 32.1. The van der Waals surface area contributed by atoms with E-state index in [1.807, 2.05) is 4.90 Å². The van der Waals surface area contributed by atoms with Crippen LogP contribution in [0, 0.1) is 6.92 Å². The fourth-order valence-corrected chi connectivity index (χ4v) is 5.30. The van der Waals surface area contributed by atoms with E-state index in [2.05, 4.69) is 42.8 Å². The number of aromatic nitrogens is 1. The minimum Gasteiger partial charge on any atom is -0.357 e. The monoisotopic (exact) mass is 434 g/mol. The first kappa shape index (κ1) is 23.0. The lowest BCUT2D eigenvalue weighted by Crippen LogP contribution is -2.57. The second-order valence-electron chi connectivity index (χ2n) is 8.18. The average molecular weight is 435 g/mol. The van der Waals surface area contributed by atoms with Gasteiger partial charge < -0.3 is 15.1 Å². The lowest BCUT2D eigenvalue weighted by molar-refractivity contribution is -0.135. The van der Waals surface area contributed by atoms with Gasteiger partial charge >= 0.3 is 0 Å². The molecule has 0 aliphatic carbocycles. The van der Waals surface area contributed by atoms with Crippen LogP contribution in [0.1, 0.15) is 49.2 Å². The van der Waals surface area contributed by atoms with E-state index >= 15 is 0 Å². The maximum atomic E-state index is 12.7. The summed E-state index contributed by atoms with van der Waals surface area (Å²) in [4.78, 5) is 30.3. The molecule has 0 radical (unpaired) electrons. The number of thiazole rings is 1. The van der Waals surface area contributed by atoms with Gasteiger partial charge in [0.25, 0.3) is 0 Å². The molecule has 1 N–H and O–H groups in total. The van der Waals surface area contributed by atoms with Crippen molar-refractivity contribution >= 4 is 23.2 Å². The number of hydrogen-bond donors (Lipinski definition) is 1. The Labute approximate surface area is 185 Å². The summed E-state index contributed by atoms with van der Waals surface area (Å²) in [5, 5.41) is 4.63. The minimum atomic E-state index is -0.0225. The number of likely N-dealkylation sites (tertiary alicyclic amines) is 1. The van der Waals surface area contributed by atoms with Gasteiger partial charge in [-0.25, -0.2) is 4.98 Å². The third kappa shape index (κ3) is 5.72. The molecule has 0 saturated carbocycles. The summed E-state index contributed by atoms with van der Waals surface area (Å²) in [5.41, 5.74) is 1.22. The number of aliphatic imine (C=N–C) groups is 1. The van der Waals surface area contributed by atoms with E-state index < -0.39 is 0 Å². The third-order valence-electron chi connectivity index (χ3n) is 6.13. The molecule has 0 aromatic carbocycles. The van der Waals surface area contributed by atoms with Gasteiger partial charge in [0, 0.05) is 63.7 Å². The zero-order valence-electron chi connectivity index (χ0n) is 19.1. The second kappa shape index (κ2) is 11.1. The normalized spacial score (nSPS) is 19.4. The summed E-state index contributed by atoms with van der Waals surface area (Å²) in [5.74, 6) is 1.28. The summed E-state index contributed by atoms with van der Waals surface area (Å²) in [6, 6.07) is -0.0225. The molecule has 30 heavy (non-hydrogen) atoms. The molecule has 7 nitrogen and oxygen atoms in total. The van der Waals surface area contributed by atoms with Crippen LogP contribution in [0.25, 0.3) is 0 Å². The molecule has 2 aliphatic heterocycles. The van der Waals surface area contributed by atoms with Gasteiger partial charge in [-0.05, 0) is 40.0 Å². The van der Waals surface area contributed by atoms with Crippen LogP contribution in [0.4, 0.5) is 0 Å². The van der Waals surface area contributed by atoms with Gasteiger partial charge in [-0.1, -0.05) is 6.92 Å². The summed E-state index contributed by atoms with van der Waals surface area (Å²) < 4.78 is 0. The number of nitrogens with one attached hydrogen (secondary N) is 1. The molecule has 8 heteroatoms. The molecule has 1 aromatic heterocycles. The highest BCUT2D eigenvalue weighted by Crippen LogP contribution is 2.18. The molecule has 3 rings (SSSR count). The number of rotatable bonds is 7. The number of guanidine groups is 1. The second-order valence-corrected chi connectivity index (χ2v) is 9.47. The molecule has 1 unspecified atom stereocenters. The largest absolute Gasteiger partial charge is 0.357 e. The smallest absolute Gasteiger partial charge is 0.239 e. The molecular weight excluding hydrogens is 396 g/mol. The zero-order valence-corrected chi connectivity index (χ0v) is 19.9. The SMILES string of the molecule is CCNC(=NCCc1nc(CC)c(C)s1)N1CCN(C(C)C(=O)N2CCCC2)CC1. The molecule has 0 spiro atoms. The van der Waals surface area contributed by atoms with Gasteiger partial charge in [0.2, 0.25) is 5.91 Å². The topological polar surface area (TPSA) is 64.1 Å². The van der Waals surface area contributed by atoms with Crippen LogP contribution in [0.15, 0.2) is 4.99 Å². The Morgan fingerprint density at radius 1 is 1.13 bits per heavy atom. The van der Waals surface area contributed by atoms with Crippen LogP contribution in [0.5, 0.6) is 0 Å². The van der Waals surface area contributed by atoms with Crippen LogP contribution >= 0.6 is 11.3 Å². The number of hydrogen-bond acceptors (Lipinski definition) is 5. The Hall–Kier alpha value is -1.67. The van der Waals surface area contributed by atoms with E-state index in [-0.39, 0.29) is 6.04 Å². The predicted molar refractivity (Wildman–Crippen MR) is 124 cm³/mol. The van der Waals surface area contributed by atoms with E-state index in [1.54, 1.807) is 11.3 Å². The predicted octanol–water partition coefficient (Wildman–Crippen LogP) is 2.15. The fourth-order valence-electron chi connectivity index (χ4n) is 4.28. The van der Waals surface area contributed by atoms with E-state index in [0.717, 1.165) is 84.0 Å². The Bertz CT molecular complexity index is 719. The quantitative estimate of drug-likeness (QED) is 0.526. The lowest BCUT2D eigenvalue weighted by Gasteiger charge is -2.39. The Morgan fingerprint density at radius 2 is 1.83 bits per heavy atom. The van der Waals surface area contributed by atoms with Gasteiger partial charge in [0.05, 0.1) is 16.7 Å². The van der Waals surface area contributed by atoms with E-state index in [9.17, 15) is 4.79 Å². The van der Waals surface area contributed by atoms with Crippen molar-refractivity contribution in [3.63, 3.8) is 0 Å². The van der Waals surface area contributed by atoms with E-state index in [4.69, 9.17) is 9.98 Å². The molecule has 2 saturated heterocycles. The molecule has 1 atom stereocenters. The summed E-state index contributed by atoms with van der Waals surface area (Å²) in [6.07, 6.45) is 4.18. The van der Waals surface area contributed by atoms with Crippen molar-refractivity contribution in [2.75, 3.05) is 52.4 Å². The summed E-state index contributed by atoms with van der Waals surface area (Å²) in [7, 11) is 0. The number of carbonyl (C=O) groups excluding carboxylic acids is 1. The first-order valence-corrected chi connectivity index (χ1v) is 12.4. The molecule has 2 fully saturated rings. The zero-order chi connectivity index (χ0) is 21.5. The fraction of sp³-hybridized carbons (Fsp3) is 0.773. The van der Waals surface area contributed by atoms with Crippen molar-refractivity contribution in [2.45, 2.75) is 59.4 Å². The summed E-state index contributed by atoms with van der Waals surface area (Å²) >= 11 is 1.80. The molecule has 3 heterocycles. The maximum Gasteiger partial charge on any atom is 0.239 e. The number of piperazine rings is 1. The van der Waals surface area contributed by atoms with Gasteiger partial charge in [0.15, 0.2) is 5.96 Å². The number of carbonyl (C=O) groups is 1. The first-order valence-electron chi connectivity index (χ1n) is 11.5. The van der Waals surface area contributed by atoms with Crippen LogP contribution in [0.2, 0.25) is 0 Å². The van der Waals surface area contributed by atoms with Crippen LogP contribution < -0.4 is 5.32 Å². The Kier molecular flexibility index (Phi) is 8.50. The number of nitrogens with zero attached hydrogens (tertiary/aromatic N) is 5. The van der Waals surface area contributed by atoms with Crippen molar-refractivity contribution in [3.05, 3.63) is 15.6 Å². The average Bonchev–Trinajstić information content (AvgIpc) is 3.42. The Balaban J connectivity index is 1.51. The molecule has 1 amide bonds. The van der Waals surface area contributed by atoms with E-state index in [1.165, 1.54) is 15.6 Å². The van der Waals surface area contributed by atoms with Crippen molar-refractivity contribution in [1.29, 1.82) is 0 Å². The van der Waals surface area contributed by atoms with Crippen LogP contribution in [0.3, 0.4) is 0 Å². The highest BCUT2D eigenvalue weighted by Gasteiger charge is 2.30. The van der Waals surface area contributed by atoms with Crippen molar-refractivity contribution in [3.8, 4) is 0 Å². The van der Waals surface area contributed by atoms with Gasteiger partial charge in [-0.3, -0.25) is 14.7 Å². The highest BCUT2D eigenvalue weighted by molar-refractivity contribution is 7.11. The molecule has 168 valence electrons. The Morgan fingerprint density at radius 3 is 2.43 bits per heavy atom.